The van der Waals surface area contributed by atoms with Crippen molar-refractivity contribution in [2.24, 2.45) is 14.1 Å². The molecule has 0 fully saturated rings. The van der Waals surface area contributed by atoms with Crippen LogP contribution < -0.4 is 5.32 Å². The molecule has 4 aromatic carbocycles. The van der Waals surface area contributed by atoms with Gasteiger partial charge in [0.25, 0.3) is 0 Å². The summed E-state index contributed by atoms with van der Waals surface area (Å²) in [6.07, 6.45) is 2.16. The summed E-state index contributed by atoms with van der Waals surface area (Å²) < 4.78 is 4.82. The summed E-state index contributed by atoms with van der Waals surface area (Å²) in [6, 6.07) is 23.5. The molecule has 184 valence electrons. The molecule has 0 spiro atoms. The highest BCUT2D eigenvalue weighted by atomic mass is 28.3. The summed E-state index contributed by atoms with van der Waals surface area (Å²) in [5.41, 5.74) is 4.77. The minimum absolute atomic E-state index is 0.688. The van der Waals surface area contributed by atoms with Gasteiger partial charge >= 0.3 is 0 Å². The molecule has 2 nitrogen and oxygen atoms in total. The van der Waals surface area contributed by atoms with Crippen LogP contribution in [0.5, 0.6) is 0 Å². The summed E-state index contributed by atoms with van der Waals surface area (Å²) in [4.78, 5) is 0. The van der Waals surface area contributed by atoms with Crippen LogP contribution in [0.3, 0.4) is 0 Å². The summed E-state index contributed by atoms with van der Waals surface area (Å²) in [7, 11) is 2.69. The number of aryl methyl sites for hydroxylation is 2. The molecule has 0 N–H and O–H groups in total. The van der Waals surface area contributed by atoms with E-state index in [1.165, 1.54) is 54.1 Å². The number of hydrogen-bond donors (Lipinski definition) is 0. The van der Waals surface area contributed by atoms with Crippen molar-refractivity contribution in [3.63, 3.8) is 0 Å². The van der Waals surface area contributed by atoms with Crippen LogP contribution in [-0.2, 0) is 14.1 Å². The lowest BCUT2D eigenvalue weighted by Crippen LogP contribution is -2.57. The van der Waals surface area contributed by atoms with Crippen LogP contribution in [0.15, 0.2) is 66.9 Å². The largest absolute Gasteiger partial charge is 0.351 e. The molecule has 0 bridgehead atoms. The Balaban J connectivity index is 1.69. The number of benzene rings is 4. The van der Waals surface area contributed by atoms with Gasteiger partial charge in [0.05, 0.1) is 11.0 Å². The van der Waals surface area contributed by atoms with E-state index in [4.69, 9.17) is 0 Å². The first-order valence-corrected chi connectivity index (χ1v) is 15.7. The number of hydrogen-bond acceptors (Lipinski definition) is 0. The second kappa shape index (κ2) is 7.98. The predicted molar refractivity (Wildman–Crippen MR) is 163 cm³/mol. The molecule has 0 aliphatic carbocycles. The fraction of sp³-hybridized carbons (Fsp3) is 0.333. The van der Waals surface area contributed by atoms with Gasteiger partial charge in [0.15, 0.2) is 0 Å². The Kier molecular flexibility index (Phi) is 5.18. The zero-order valence-electron chi connectivity index (χ0n) is 23.0. The molecule has 2 heterocycles. The molecule has 0 amide bonds. The lowest BCUT2D eigenvalue weighted by molar-refractivity contribution is 0.820. The average Bonchev–Trinajstić information content (AvgIpc) is 3.38. The van der Waals surface area contributed by atoms with Gasteiger partial charge < -0.3 is 9.13 Å². The van der Waals surface area contributed by atoms with Crippen LogP contribution in [0.2, 0.25) is 16.6 Å². The SMILES string of the molecule is CC(C)[Si](c1cc2ccc3c4ccc5c(ccc6ccn(C)c65)c4ccc3c2n1C)(C(C)C)C(C)C. The van der Waals surface area contributed by atoms with Crippen molar-refractivity contribution in [2.75, 3.05) is 0 Å². The minimum atomic E-state index is -1.77. The van der Waals surface area contributed by atoms with Gasteiger partial charge in [0.1, 0.15) is 8.07 Å². The Hall–Kier alpha value is -3.04. The normalized spacial score (nSPS) is 13.2. The molecule has 2 aromatic heterocycles. The molecular weight excluding hydrogens is 452 g/mol. The predicted octanol–water partition coefficient (Wildman–Crippen LogP) is 9.02. The van der Waals surface area contributed by atoms with Crippen molar-refractivity contribution in [1.29, 1.82) is 0 Å². The maximum absolute atomic E-state index is 2.57. The van der Waals surface area contributed by atoms with Crippen molar-refractivity contribution in [3.8, 4) is 0 Å². The second-order valence-electron chi connectivity index (χ2n) is 11.8. The van der Waals surface area contributed by atoms with Gasteiger partial charge in [-0.05, 0) is 50.3 Å². The summed E-state index contributed by atoms with van der Waals surface area (Å²) in [5, 5.41) is 12.4. The van der Waals surface area contributed by atoms with Crippen molar-refractivity contribution in [3.05, 3.63) is 66.9 Å². The summed E-state index contributed by atoms with van der Waals surface area (Å²) >= 11 is 0. The van der Waals surface area contributed by atoms with E-state index in [1.54, 1.807) is 5.32 Å². The van der Waals surface area contributed by atoms with Crippen LogP contribution in [-0.4, -0.2) is 17.2 Å². The first-order valence-electron chi connectivity index (χ1n) is 13.5. The van der Waals surface area contributed by atoms with Crippen LogP contribution in [0.4, 0.5) is 0 Å². The average molecular weight is 491 g/mol. The lowest BCUT2D eigenvalue weighted by Gasteiger charge is -2.43. The van der Waals surface area contributed by atoms with E-state index in [-0.39, 0.29) is 0 Å². The van der Waals surface area contributed by atoms with Crippen LogP contribution in [0.25, 0.3) is 54.1 Å². The molecule has 0 radical (unpaired) electrons. The number of rotatable bonds is 4. The Labute approximate surface area is 215 Å². The van der Waals surface area contributed by atoms with Gasteiger partial charge in [-0.1, -0.05) is 90.1 Å². The third-order valence-electron chi connectivity index (χ3n) is 9.33. The molecule has 0 saturated heterocycles. The Morgan fingerprint density at radius 2 is 0.972 bits per heavy atom. The topological polar surface area (TPSA) is 9.86 Å². The van der Waals surface area contributed by atoms with Crippen molar-refractivity contribution in [1.82, 2.24) is 9.13 Å². The molecule has 0 saturated carbocycles. The smallest absolute Gasteiger partial charge is 0.115 e. The highest BCUT2D eigenvalue weighted by Crippen LogP contribution is 2.43. The molecule has 0 atom stereocenters. The van der Waals surface area contributed by atoms with E-state index in [9.17, 15) is 0 Å². The van der Waals surface area contributed by atoms with Crippen molar-refractivity contribution >= 4 is 67.5 Å². The Morgan fingerprint density at radius 3 is 1.53 bits per heavy atom. The van der Waals surface area contributed by atoms with Gasteiger partial charge in [-0.15, -0.1) is 0 Å². The van der Waals surface area contributed by atoms with Gasteiger partial charge in [0, 0.05) is 47.2 Å². The highest BCUT2D eigenvalue weighted by Gasteiger charge is 2.46. The maximum atomic E-state index is 2.57. The van der Waals surface area contributed by atoms with Gasteiger partial charge in [0.2, 0.25) is 0 Å². The quantitative estimate of drug-likeness (QED) is 0.172. The number of nitrogens with zero attached hydrogens (tertiary/aromatic N) is 2. The molecule has 6 aromatic rings. The zero-order valence-corrected chi connectivity index (χ0v) is 24.0. The van der Waals surface area contributed by atoms with E-state index in [1.807, 2.05) is 0 Å². The maximum Gasteiger partial charge on any atom is 0.115 e. The number of aromatic nitrogens is 2. The van der Waals surface area contributed by atoms with Crippen molar-refractivity contribution < 1.29 is 0 Å². The van der Waals surface area contributed by atoms with Gasteiger partial charge in [-0.2, -0.15) is 0 Å². The van der Waals surface area contributed by atoms with Crippen LogP contribution in [0, 0.1) is 0 Å². The fourth-order valence-electron chi connectivity index (χ4n) is 7.99. The molecule has 0 aliphatic heterocycles. The first kappa shape index (κ1) is 23.4. The standard InChI is InChI=1S/C33H38N2Si/c1-20(2)36(21(3)4,22(5)6)31-19-24-10-12-28-26-13-15-29-27(11-9-23-17-18-34(7)32(23)29)25(26)14-16-30(28)33(24)35(31)8/h9-22H,1-8H3. The Morgan fingerprint density at radius 1 is 0.528 bits per heavy atom. The number of fused-ring (bicyclic) bond motifs is 9. The van der Waals surface area contributed by atoms with E-state index < -0.39 is 8.07 Å². The summed E-state index contributed by atoms with van der Waals surface area (Å²) in [5.74, 6) is 0. The van der Waals surface area contributed by atoms with Crippen molar-refractivity contribution in [2.45, 2.75) is 58.2 Å². The monoisotopic (exact) mass is 490 g/mol. The molecular formula is C33H38N2Si. The van der Waals surface area contributed by atoms with E-state index in [0.29, 0.717) is 16.6 Å². The Bertz CT molecular complexity index is 1770. The van der Waals surface area contributed by atoms with E-state index >= 15 is 0 Å². The fourth-order valence-corrected chi connectivity index (χ4v) is 14.9. The third kappa shape index (κ3) is 2.90. The van der Waals surface area contributed by atoms with E-state index in [0.717, 1.165) is 0 Å². The zero-order chi connectivity index (χ0) is 25.5. The molecule has 0 unspecified atom stereocenters. The minimum Gasteiger partial charge on any atom is -0.351 e. The van der Waals surface area contributed by atoms with Crippen LogP contribution >= 0.6 is 0 Å². The molecule has 3 heteroatoms. The lowest BCUT2D eigenvalue weighted by atomic mass is 9.95. The highest BCUT2D eigenvalue weighted by molar-refractivity contribution is 6.94. The molecule has 6 rings (SSSR count). The van der Waals surface area contributed by atoms with Gasteiger partial charge in [-0.25, -0.2) is 0 Å². The third-order valence-corrected chi connectivity index (χ3v) is 16.4. The molecule has 36 heavy (non-hydrogen) atoms. The molecule has 0 aliphatic rings. The van der Waals surface area contributed by atoms with Crippen LogP contribution in [0.1, 0.15) is 41.5 Å². The van der Waals surface area contributed by atoms with Gasteiger partial charge in [-0.3, -0.25) is 0 Å². The van der Waals surface area contributed by atoms with E-state index in [2.05, 4.69) is 132 Å². The summed E-state index contributed by atoms with van der Waals surface area (Å²) in [6.45, 7) is 14.8. The second-order valence-corrected chi connectivity index (χ2v) is 17.7. The first-order chi connectivity index (χ1) is 17.2.